The summed E-state index contributed by atoms with van der Waals surface area (Å²) in [5, 5.41) is 4.30. The van der Waals surface area contributed by atoms with Crippen LogP contribution in [0.25, 0.3) is 11.8 Å². The summed E-state index contributed by atoms with van der Waals surface area (Å²) >= 11 is 3.45. The van der Waals surface area contributed by atoms with Crippen LogP contribution in [0.15, 0.2) is 41.4 Å². The van der Waals surface area contributed by atoms with Crippen molar-refractivity contribution in [3.05, 3.63) is 47.0 Å². The molecule has 1 unspecified atom stereocenters. The van der Waals surface area contributed by atoms with E-state index < -0.39 is 11.5 Å². The largest absolute Gasteiger partial charge is 0.455 e. The highest BCUT2D eigenvalue weighted by Crippen LogP contribution is 2.37. The predicted octanol–water partition coefficient (Wildman–Crippen LogP) is 4.15. The second-order valence-electron chi connectivity index (χ2n) is 7.30. The minimum atomic E-state index is -0.627. The molecule has 1 aromatic heterocycles. The number of aromatic nitrogens is 3. The number of nitrogens with zero attached hydrogens (tertiary/aromatic N) is 3. The van der Waals surface area contributed by atoms with E-state index in [0.29, 0.717) is 18.9 Å². The molecule has 156 valence electrons. The molecule has 1 aromatic carbocycles. The maximum atomic E-state index is 12.3. The number of carbonyl (C=O) groups is 1. The molecule has 1 aliphatic rings. The minimum absolute atomic E-state index is 0.240. The average molecular weight is 464 g/mol. The number of ether oxygens (including phenoxy) is 3. The molecule has 29 heavy (non-hydrogen) atoms. The number of benzene rings is 1. The summed E-state index contributed by atoms with van der Waals surface area (Å²) in [6.45, 7) is 6.59. The first kappa shape index (κ1) is 21.7. The van der Waals surface area contributed by atoms with Gasteiger partial charge in [0.05, 0.1) is 24.3 Å². The lowest BCUT2D eigenvalue weighted by atomic mass is 9.82. The molecule has 2 aromatic rings. The molecular formula is C21H26BrN3O4. The highest BCUT2D eigenvalue weighted by Gasteiger charge is 2.44. The molecule has 1 fully saturated rings. The summed E-state index contributed by atoms with van der Waals surface area (Å²) in [7, 11) is 0. The van der Waals surface area contributed by atoms with Gasteiger partial charge < -0.3 is 14.2 Å². The molecule has 2 heterocycles. The van der Waals surface area contributed by atoms with Crippen LogP contribution in [-0.4, -0.2) is 46.3 Å². The lowest BCUT2D eigenvalue weighted by Crippen LogP contribution is -2.50. The summed E-state index contributed by atoms with van der Waals surface area (Å²) in [5.41, 5.74) is 1.06. The van der Waals surface area contributed by atoms with E-state index in [9.17, 15) is 4.79 Å². The van der Waals surface area contributed by atoms with Crippen LogP contribution in [0.1, 0.15) is 39.2 Å². The zero-order chi connectivity index (χ0) is 20.9. The molecule has 7 nitrogen and oxygen atoms in total. The van der Waals surface area contributed by atoms with Crippen LogP contribution in [0.3, 0.4) is 0 Å². The fourth-order valence-corrected chi connectivity index (χ4v) is 3.42. The van der Waals surface area contributed by atoms with Gasteiger partial charge in [-0.1, -0.05) is 48.8 Å². The van der Waals surface area contributed by atoms with Crippen LogP contribution in [-0.2, 0) is 19.0 Å². The van der Waals surface area contributed by atoms with Crippen LogP contribution >= 0.6 is 15.9 Å². The van der Waals surface area contributed by atoms with Gasteiger partial charge in [-0.05, 0) is 30.2 Å². The minimum Gasteiger partial charge on any atom is -0.455 e. The number of rotatable bonds is 7. The molecular weight excluding hydrogens is 438 g/mol. The summed E-state index contributed by atoms with van der Waals surface area (Å²) in [5.74, 6) is -0.296. The van der Waals surface area contributed by atoms with Crippen molar-refractivity contribution in [2.24, 2.45) is 5.41 Å². The van der Waals surface area contributed by atoms with Crippen molar-refractivity contribution in [2.75, 3.05) is 13.2 Å². The van der Waals surface area contributed by atoms with E-state index >= 15 is 0 Å². The van der Waals surface area contributed by atoms with E-state index in [1.54, 1.807) is 17.9 Å². The maximum Gasteiger partial charge on any atom is 0.306 e. The van der Waals surface area contributed by atoms with E-state index in [4.69, 9.17) is 14.2 Å². The van der Waals surface area contributed by atoms with Gasteiger partial charge >= 0.3 is 5.97 Å². The van der Waals surface area contributed by atoms with Crippen molar-refractivity contribution in [1.82, 2.24) is 14.8 Å². The predicted molar refractivity (Wildman–Crippen MR) is 113 cm³/mol. The Morgan fingerprint density at radius 2 is 2.03 bits per heavy atom. The third-order valence-electron chi connectivity index (χ3n) is 4.84. The van der Waals surface area contributed by atoms with Crippen molar-refractivity contribution in [1.29, 1.82) is 0 Å². The molecule has 0 spiro atoms. The zero-order valence-electron chi connectivity index (χ0n) is 16.9. The number of carbonyl (C=O) groups excluding carboxylic acids is 1. The van der Waals surface area contributed by atoms with Crippen molar-refractivity contribution < 1.29 is 19.0 Å². The number of esters is 1. The Hall–Kier alpha value is -2.03. The van der Waals surface area contributed by atoms with E-state index in [1.807, 2.05) is 44.2 Å². The van der Waals surface area contributed by atoms with E-state index in [2.05, 4.69) is 26.0 Å². The average Bonchev–Trinajstić information content (AvgIpc) is 3.27. The Bertz CT molecular complexity index is 828. The lowest BCUT2D eigenvalue weighted by molar-refractivity contribution is -0.242. The van der Waals surface area contributed by atoms with Gasteiger partial charge in [-0.2, -0.15) is 5.10 Å². The molecule has 0 bridgehead atoms. The van der Waals surface area contributed by atoms with Gasteiger partial charge in [0.15, 0.2) is 12.4 Å². The van der Waals surface area contributed by atoms with Crippen molar-refractivity contribution in [2.45, 2.75) is 46.0 Å². The Morgan fingerprint density at radius 1 is 1.34 bits per heavy atom. The maximum absolute atomic E-state index is 12.3. The van der Waals surface area contributed by atoms with Crippen LogP contribution in [0.4, 0.5) is 0 Å². The zero-order valence-corrected chi connectivity index (χ0v) is 18.5. The van der Waals surface area contributed by atoms with Gasteiger partial charge in [-0.3, -0.25) is 4.79 Å². The summed E-state index contributed by atoms with van der Waals surface area (Å²) in [6, 6.07) is 7.86. The standard InChI is InChI=1S/C21H26BrN3O4/c1-4-18(26)29-20(21(3)11-27-19(5-2)28-12-21)17(25-14-23-13-24-25)10-15-6-8-16(22)9-7-15/h6-10,13-14,19-20H,4-5,11-12H2,1-3H3/b17-10-. The molecule has 0 N–H and O–H groups in total. The summed E-state index contributed by atoms with van der Waals surface area (Å²) < 4.78 is 20.3. The van der Waals surface area contributed by atoms with Gasteiger partial charge in [0.1, 0.15) is 12.7 Å². The van der Waals surface area contributed by atoms with Gasteiger partial charge in [0.2, 0.25) is 0 Å². The van der Waals surface area contributed by atoms with Crippen molar-refractivity contribution >= 4 is 33.7 Å². The van der Waals surface area contributed by atoms with Crippen molar-refractivity contribution in [3.8, 4) is 0 Å². The number of hydrogen-bond acceptors (Lipinski definition) is 6. The Labute approximate surface area is 179 Å². The first-order chi connectivity index (χ1) is 13.9. The van der Waals surface area contributed by atoms with Gasteiger partial charge in [0.25, 0.3) is 0 Å². The van der Waals surface area contributed by atoms with E-state index in [1.165, 1.54) is 6.33 Å². The van der Waals surface area contributed by atoms with Crippen molar-refractivity contribution in [3.63, 3.8) is 0 Å². The molecule has 1 aliphatic heterocycles. The third-order valence-corrected chi connectivity index (χ3v) is 5.37. The smallest absolute Gasteiger partial charge is 0.306 e. The highest BCUT2D eigenvalue weighted by atomic mass is 79.9. The Kier molecular flexibility index (Phi) is 7.21. The van der Waals surface area contributed by atoms with E-state index in [-0.39, 0.29) is 18.7 Å². The topological polar surface area (TPSA) is 75.5 Å². The second-order valence-corrected chi connectivity index (χ2v) is 8.21. The molecule has 0 saturated carbocycles. The van der Waals surface area contributed by atoms with Crippen LogP contribution in [0.2, 0.25) is 0 Å². The van der Waals surface area contributed by atoms with Crippen LogP contribution in [0, 0.1) is 5.41 Å². The Balaban J connectivity index is 2.03. The fraction of sp³-hybridized carbons (Fsp3) is 0.476. The third kappa shape index (κ3) is 5.32. The molecule has 1 saturated heterocycles. The molecule has 1 atom stereocenters. The molecule has 0 radical (unpaired) electrons. The first-order valence-electron chi connectivity index (χ1n) is 9.70. The normalized spacial score (nSPS) is 23.6. The monoisotopic (exact) mass is 463 g/mol. The van der Waals surface area contributed by atoms with Gasteiger partial charge in [0, 0.05) is 10.9 Å². The highest BCUT2D eigenvalue weighted by molar-refractivity contribution is 9.10. The van der Waals surface area contributed by atoms with Gasteiger partial charge in [-0.15, -0.1) is 0 Å². The molecule has 0 amide bonds. The van der Waals surface area contributed by atoms with Crippen LogP contribution in [0.5, 0.6) is 0 Å². The first-order valence-corrected chi connectivity index (χ1v) is 10.5. The summed E-state index contributed by atoms with van der Waals surface area (Å²) in [6.07, 6.45) is 5.17. The fourth-order valence-electron chi connectivity index (χ4n) is 3.15. The SMILES string of the molecule is CCC(=O)OC(/C(=C/c1ccc(Br)cc1)n1cncn1)C1(C)COC(CC)OC1. The quantitative estimate of drug-likeness (QED) is 0.574. The molecule has 3 rings (SSSR count). The summed E-state index contributed by atoms with van der Waals surface area (Å²) in [4.78, 5) is 16.4. The molecule has 0 aliphatic carbocycles. The Morgan fingerprint density at radius 3 is 2.59 bits per heavy atom. The number of hydrogen-bond donors (Lipinski definition) is 0. The lowest BCUT2D eigenvalue weighted by Gasteiger charge is -2.42. The van der Waals surface area contributed by atoms with E-state index in [0.717, 1.165) is 16.5 Å². The van der Waals surface area contributed by atoms with Gasteiger partial charge in [-0.25, -0.2) is 9.67 Å². The molecule has 8 heteroatoms. The second kappa shape index (κ2) is 9.65. The van der Waals surface area contributed by atoms with Crippen LogP contribution < -0.4 is 0 Å². The number of halogens is 1.